The van der Waals surface area contributed by atoms with Gasteiger partial charge in [0.25, 0.3) is 0 Å². The molecule has 3 aliphatic rings. The fourth-order valence-electron chi connectivity index (χ4n) is 3.84. The zero-order chi connectivity index (χ0) is 14.2. The van der Waals surface area contributed by atoms with E-state index in [-0.39, 0.29) is 11.9 Å². The van der Waals surface area contributed by atoms with E-state index in [2.05, 4.69) is 5.32 Å². The van der Waals surface area contributed by atoms with Crippen LogP contribution < -0.4 is 5.32 Å². The van der Waals surface area contributed by atoms with Crippen LogP contribution in [0.5, 0.6) is 0 Å². The highest BCUT2D eigenvalue weighted by molar-refractivity contribution is 5.83. The van der Waals surface area contributed by atoms with E-state index in [4.69, 9.17) is 5.11 Å². The zero-order valence-electron chi connectivity index (χ0n) is 11.9. The van der Waals surface area contributed by atoms with E-state index < -0.39 is 12.0 Å². The molecule has 1 unspecified atom stereocenters. The average molecular weight is 280 g/mol. The fourth-order valence-corrected chi connectivity index (χ4v) is 3.84. The molecule has 5 heteroatoms. The number of rotatable bonds is 3. The number of hydrogen-bond acceptors (Lipinski definition) is 2. The molecule has 2 aliphatic carbocycles. The van der Waals surface area contributed by atoms with E-state index in [1.54, 1.807) is 0 Å². The lowest BCUT2D eigenvalue weighted by Crippen LogP contribution is -2.52. The second-order valence-electron chi connectivity index (χ2n) is 6.80. The highest BCUT2D eigenvalue weighted by Gasteiger charge is 2.40. The van der Waals surface area contributed by atoms with Gasteiger partial charge < -0.3 is 15.3 Å². The van der Waals surface area contributed by atoms with Crippen molar-refractivity contribution in [2.45, 2.75) is 57.4 Å². The molecule has 1 heterocycles. The third-order valence-corrected chi connectivity index (χ3v) is 5.41. The van der Waals surface area contributed by atoms with Crippen LogP contribution in [-0.2, 0) is 4.79 Å². The molecule has 3 fully saturated rings. The highest BCUT2D eigenvalue weighted by atomic mass is 16.4. The van der Waals surface area contributed by atoms with Crippen molar-refractivity contribution in [3.05, 3.63) is 0 Å². The minimum absolute atomic E-state index is 0.141. The van der Waals surface area contributed by atoms with Crippen LogP contribution in [0, 0.1) is 11.3 Å². The van der Waals surface area contributed by atoms with E-state index in [1.165, 1.54) is 25.7 Å². The Morgan fingerprint density at radius 3 is 2.20 bits per heavy atom. The Hall–Kier alpha value is -1.26. The summed E-state index contributed by atoms with van der Waals surface area (Å²) in [6, 6.07) is -0.873. The van der Waals surface area contributed by atoms with Gasteiger partial charge in [0, 0.05) is 13.1 Å². The zero-order valence-corrected chi connectivity index (χ0v) is 11.9. The van der Waals surface area contributed by atoms with Crippen molar-refractivity contribution in [2.75, 3.05) is 13.1 Å². The van der Waals surface area contributed by atoms with Crippen LogP contribution in [-0.4, -0.2) is 41.1 Å². The third-order valence-electron chi connectivity index (χ3n) is 5.41. The number of hydrogen-bond donors (Lipinski definition) is 2. The maximum absolute atomic E-state index is 12.2. The van der Waals surface area contributed by atoms with Crippen molar-refractivity contribution >= 4 is 12.0 Å². The molecule has 0 aromatic heterocycles. The molecule has 0 bridgehead atoms. The molecule has 1 spiro atoms. The van der Waals surface area contributed by atoms with Crippen molar-refractivity contribution < 1.29 is 14.7 Å². The lowest BCUT2D eigenvalue weighted by Gasteiger charge is -2.39. The number of carbonyl (C=O) groups excluding carboxylic acids is 1. The topological polar surface area (TPSA) is 69.6 Å². The standard InChI is InChI=1S/C15H24N2O3/c18-13(19)12(11-3-4-11)16-14(20)17-9-7-15(8-10-17)5-1-2-6-15/h11-12H,1-10H2,(H,16,20)(H,18,19). The van der Waals surface area contributed by atoms with Crippen LogP contribution in [0.15, 0.2) is 0 Å². The second kappa shape index (κ2) is 5.26. The molecule has 3 rings (SSSR count). The van der Waals surface area contributed by atoms with Gasteiger partial charge in [0.15, 0.2) is 0 Å². The normalized spacial score (nSPS) is 26.5. The number of aliphatic carboxylic acids is 1. The van der Waals surface area contributed by atoms with Crippen molar-refractivity contribution in [3.8, 4) is 0 Å². The summed E-state index contributed by atoms with van der Waals surface area (Å²) in [7, 11) is 0. The monoisotopic (exact) mass is 280 g/mol. The average Bonchev–Trinajstić information content (AvgIpc) is 3.18. The van der Waals surface area contributed by atoms with Crippen LogP contribution in [0.3, 0.4) is 0 Å². The lowest BCUT2D eigenvalue weighted by atomic mass is 9.77. The molecular weight excluding hydrogens is 256 g/mol. The first kappa shape index (κ1) is 13.7. The van der Waals surface area contributed by atoms with Gasteiger partial charge in [-0.3, -0.25) is 0 Å². The van der Waals surface area contributed by atoms with E-state index in [0.29, 0.717) is 5.41 Å². The summed E-state index contributed by atoms with van der Waals surface area (Å²) in [6.07, 6.45) is 9.28. The summed E-state index contributed by atoms with van der Waals surface area (Å²) in [5, 5.41) is 11.9. The molecule has 2 amide bonds. The minimum Gasteiger partial charge on any atom is -0.480 e. The number of likely N-dealkylation sites (tertiary alicyclic amines) is 1. The second-order valence-corrected chi connectivity index (χ2v) is 6.80. The molecule has 0 aromatic carbocycles. The summed E-state index contributed by atoms with van der Waals surface area (Å²) < 4.78 is 0. The van der Waals surface area contributed by atoms with E-state index in [0.717, 1.165) is 38.8 Å². The van der Waals surface area contributed by atoms with Crippen LogP contribution in [0.25, 0.3) is 0 Å². The largest absolute Gasteiger partial charge is 0.480 e. The number of carboxylic acid groups (broad SMARTS) is 1. The van der Waals surface area contributed by atoms with Crippen molar-refractivity contribution in [1.29, 1.82) is 0 Å². The maximum atomic E-state index is 12.2. The van der Waals surface area contributed by atoms with E-state index >= 15 is 0 Å². The highest BCUT2D eigenvalue weighted by Crippen LogP contribution is 2.46. The quantitative estimate of drug-likeness (QED) is 0.832. The summed E-state index contributed by atoms with van der Waals surface area (Å²) in [5.41, 5.74) is 0.486. The molecule has 5 nitrogen and oxygen atoms in total. The van der Waals surface area contributed by atoms with Gasteiger partial charge in [-0.2, -0.15) is 0 Å². The molecule has 2 saturated carbocycles. The molecule has 1 atom stereocenters. The predicted octanol–water partition coefficient (Wildman–Crippen LogP) is 2.22. The third kappa shape index (κ3) is 2.76. The van der Waals surface area contributed by atoms with E-state index in [1.807, 2.05) is 4.90 Å². The molecule has 1 aliphatic heterocycles. The molecule has 0 aromatic rings. The van der Waals surface area contributed by atoms with Gasteiger partial charge in [-0.05, 0) is 49.9 Å². The van der Waals surface area contributed by atoms with Crippen molar-refractivity contribution in [2.24, 2.45) is 11.3 Å². The SMILES string of the molecule is O=C(O)C(NC(=O)N1CCC2(CCCC2)CC1)C1CC1. The molecule has 112 valence electrons. The smallest absolute Gasteiger partial charge is 0.326 e. The number of carboxylic acids is 1. The van der Waals surface area contributed by atoms with Gasteiger partial charge in [0.2, 0.25) is 0 Å². The number of amides is 2. The van der Waals surface area contributed by atoms with Crippen molar-refractivity contribution in [3.63, 3.8) is 0 Å². The number of nitrogens with zero attached hydrogens (tertiary/aromatic N) is 1. The summed E-state index contributed by atoms with van der Waals surface area (Å²) >= 11 is 0. The first-order valence-corrected chi connectivity index (χ1v) is 7.88. The van der Waals surface area contributed by atoms with Gasteiger partial charge in [0.1, 0.15) is 6.04 Å². The number of carbonyl (C=O) groups is 2. The number of urea groups is 1. The Balaban J connectivity index is 1.52. The Morgan fingerprint density at radius 2 is 1.70 bits per heavy atom. The molecule has 1 saturated heterocycles. The first-order valence-electron chi connectivity index (χ1n) is 7.88. The van der Waals surface area contributed by atoms with Crippen LogP contribution in [0.1, 0.15) is 51.4 Å². The number of nitrogens with one attached hydrogen (secondary N) is 1. The Bertz CT molecular complexity index is 390. The molecule has 0 radical (unpaired) electrons. The Kier molecular flexibility index (Phi) is 3.61. The van der Waals surface area contributed by atoms with Crippen LogP contribution >= 0.6 is 0 Å². The Morgan fingerprint density at radius 1 is 1.10 bits per heavy atom. The van der Waals surface area contributed by atoms with Crippen molar-refractivity contribution in [1.82, 2.24) is 10.2 Å². The lowest BCUT2D eigenvalue weighted by molar-refractivity contribution is -0.139. The summed E-state index contributed by atoms with van der Waals surface area (Å²) in [4.78, 5) is 25.2. The molecule has 2 N–H and O–H groups in total. The molecule has 20 heavy (non-hydrogen) atoms. The van der Waals surface area contributed by atoms with Gasteiger partial charge in [-0.1, -0.05) is 12.8 Å². The van der Waals surface area contributed by atoms with Gasteiger partial charge in [0.05, 0.1) is 0 Å². The van der Waals surface area contributed by atoms with Gasteiger partial charge in [-0.15, -0.1) is 0 Å². The van der Waals surface area contributed by atoms with Gasteiger partial charge in [-0.25, -0.2) is 9.59 Å². The van der Waals surface area contributed by atoms with Crippen LogP contribution in [0.2, 0.25) is 0 Å². The minimum atomic E-state index is -0.898. The predicted molar refractivity (Wildman–Crippen MR) is 74.4 cm³/mol. The summed E-state index contributed by atoms with van der Waals surface area (Å²) in [6.45, 7) is 1.56. The van der Waals surface area contributed by atoms with Gasteiger partial charge >= 0.3 is 12.0 Å². The summed E-state index contributed by atoms with van der Waals surface area (Å²) in [5.74, 6) is -0.757. The first-order chi connectivity index (χ1) is 9.60. The Labute approximate surface area is 119 Å². The van der Waals surface area contributed by atoms with Crippen LogP contribution in [0.4, 0.5) is 4.79 Å². The fraction of sp³-hybridized carbons (Fsp3) is 0.867. The number of piperidine rings is 1. The molecular formula is C15H24N2O3. The maximum Gasteiger partial charge on any atom is 0.326 e. The van der Waals surface area contributed by atoms with E-state index in [9.17, 15) is 9.59 Å².